The Kier molecular flexibility index (Phi) is 5.31. The largest absolute Gasteiger partial charge is 0.508 e. The number of hydrogen-bond donors (Lipinski definition) is 3. The molecule has 30 heavy (non-hydrogen) atoms. The molecule has 3 atom stereocenters. The number of nitrogens with one attached hydrogen (secondary N) is 2. The molecule has 2 aromatic rings. The number of amides is 3. The number of piperazine rings is 1. The summed E-state index contributed by atoms with van der Waals surface area (Å²) in [7, 11) is 1.56. The van der Waals surface area contributed by atoms with E-state index in [1.54, 1.807) is 60.5 Å². The second-order valence-electron chi connectivity index (χ2n) is 7.57. The quantitative estimate of drug-likeness (QED) is 0.678. The van der Waals surface area contributed by atoms with E-state index in [2.05, 4.69) is 10.6 Å². The molecule has 2 aliphatic heterocycles. The molecular formula is C22H23N3O5. The Labute approximate surface area is 173 Å². The minimum absolute atomic E-state index is 0.146. The van der Waals surface area contributed by atoms with Gasteiger partial charge in [-0.25, -0.2) is 0 Å². The maximum atomic E-state index is 12.9. The molecule has 0 radical (unpaired) electrons. The molecule has 4 rings (SSSR count). The second kappa shape index (κ2) is 8.06. The molecule has 0 aromatic heterocycles. The van der Waals surface area contributed by atoms with Crippen LogP contribution in [0.25, 0.3) is 0 Å². The highest BCUT2D eigenvalue weighted by Gasteiger charge is 2.46. The van der Waals surface area contributed by atoms with Gasteiger partial charge in [0.1, 0.15) is 23.6 Å². The zero-order chi connectivity index (χ0) is 21.3. The van der Waals surface area contributed by atoms with Gasteiger partial charge in [-0.05, 0) is 48.4 Å². The molecule has 0 aliphatic carbocycles. The Morgan fingerprint density at radius 2 is 1.87 bits per heavy atom. The number of carbonyl (C=O) groups is 3. The third kappa shape index (κ3) is 3.94. The number of nitrogens with zero attached hydrogens (tertiary/aromatic N) is 1. The van der Waals surface area contributed by atoms with Crippen LogP contribution in [0.5, 0.6) is 11.5 Å². The van der Waals surface area contributed by atoms with Crippen LogP contribution in [0.4, 0.5) is 0 Å². The fourth-order valence-electron chi connectivity index (χ4n) is 3.98. The number of methoxy groups -OCH3 is 1. The van der Waals surface area contributed by atoms with E-state index in [4.69, 9.17) is 4.74 Å². The number of hydrogen-bond acceptors (Lipinski definition) is 5. The molecule has 2 fully saturated rings. The summed E-state index contributed by atoms with van der Waals surface area (Å²) in [6, 6.07) is 11.8. The smallest absolute Gasteiger partial charge is 0.251 e. The van der Waals surface area contributed by atoms with E-state index < -0.39 is 12.1 Å². The number of fused-ring (bicyclic) bond motifs is 1. The van der Waals surface area contributed by atoms with Gasteiger partial charge in [0, 0.05) is 24.6 Å². The van der Waals surface area contributed by atoms with E-state index in [9.17, 15) is 19.5 Å². The van der Waals surface area contributed by atoms with Crippen molar-refractivity contribution in [3.05, 3.63) is 59.7 Å². The maximum Gasteiger partial charge on any atom is 0.251 e. The van der Waals surface area contributed by atoms with Gasteiger partial charge in [-0.3, -0.25) is 14.4 Å². The number of carbonyl (C=O) groups excluding carboxylic acids is 3. The van der Waals surface area contributed by atoms with Crippen LogP contribution in [0.1, 0.15) is 22.3 Å². The van der Waals surface area contributed by atoms with Crippen molar-refractivity contribution >= 4 is 17.7 Å². The fourth-order valence-corrected chi connectivity index (χ4v) is 3.98. The number of phenolic OH excluding ortho intramolecular Hbond substituents is 1. The summed E-state index contributed by atoms with van der Waals surface area (Å²) in [5.41, 5.74) is 1.33. The molecule has 2 aromatic carbocycles. The molecule has 3 N–H and O–H groups in total. The Morgan fingerprint density at radius 1 is 1.17 bits per heavy atom. The van der Waals surface area contributed by atoms with Gasteiger partial charge in [0.15, 0.2) is 0 Å². The lowest BCUT2D eigenvalue weighted by molar-refractivity contribution is -0.147. The molecule has 2 saturated heterocycles. The van der Waals surface area contributed by atoms with Crippen molar-refractivity contribution in [2.24, 2.45) is 0 Å². The Bertz CT molecular complexity index is 958. The van der Waals surface area contributed by atoms with Gasteiger partial charge in [-0.1, -0.05) is 12.1 Å². The number of benzene rings is 2. The Morgan fingerprint density at radius 3 is 2.53 bits per heavy atom. The van der Waals surface area contributed by atoms with E-state index in [1.165, 1.54) is 0 Å². The second-order valence-corrected chi connectivity index (χ2v) is 7.57. The normalized spacial score (nSPS) is 23.0. The van der Waals surface area contributed by atoms with Crippen molar-refractivity contribution in [2.75, 3.05) is 13.7 Å². The van der Waals surface area contributed by atoms with Crippen molar-refractivity contribution in [2.45, 2.75) is 31.0 Å². The topological polar surface area (TPSA) is 108 Å². The molecule has 0 spiro atoms. The van der Waals surface area contributed by atoms with Gasteiger partial charge in [-0.2, -0.15) is 0 Å². The Balaban J connectivity index is 1.40. The molecule has 156 valence electrons. The number of ether oxygens (including phenoxy) is 1. The summed E-state index contributed by atoms with van der Waals surface area (Å²) in [5.74, 6) is 0.184. The lowest BCUT2D eigenvalue weighted by Gasteiger charge is -2.34. The molecule has 0 bridgehead atoms. The lowest BCUT2D eigenvalue weighted by Crippen LogP contribution is -2.61. The number of rotatable bonds is 5. The van der Waals surface area contributed by atoms with Crippen molar-refractivity contribution in [3.8, 4) is 11.5 Å². The SMILES string of the molecule is COc1ccc(C(=O)N[C@H]2C[C@H]3C(=O)N[C@@H](Cc4ccc(O)cc4)C(=O)N3C2)cc1. The van der Waals surface area contributed by atoms with Crippen molar-refractivity contribution in [1.82, 2.24) is 15.5 Å². The first-order valence-electron chi connectivity index (χ1n) is 9.78. The van der Waals surface area contributed by atoms with Crippen molar-refractivity contribution in [1.29, 1.82) is 0 Å². The zero-order valence-electron chi connectivity index (χ0n) is 16.5. The van der Waals surface area contributed by atoms with Gasteiger partial charge >= 0.3 is 0 Å². The van der Waals surface area contributed by atoms with E-state index in [-0.39, 0.29) is 29.5 Å². The summed E-state index contributed by atoms with van der Waals surface area (Å²) in [6.07, 6.45) is 0.725. The van der Waals surface area contributed by atoms with E-state index >= 15 is 0 Å². The van der Waals surface area contributed by atoms with Gasteiger partial charge in [0.25, 0.3) is 5.91 Å². The van der Waals surface area contributed by atoms with Crippen LogP contribution in [0, 0.1) is 0 Å². The average molecular weight is 409 g/mol. The van der Waals surface area contributed by atoms with Gasteiger partial charge in [-0.15, -0.1) is 0 Å². The van der Waals surface area contributed by atoms with Crippen LogP contribution in [0.3, 0.4) is 0 Å². The third-order valence-electron chi connectivity index (χ3n) is 5.56. The van der Waals surface area contributed by atoms with Gasteiger partial charge < -0.3 is 25.4 Å². The fraction of sp³-hybridized carbons (Fsp3) is 0.318. The van der Waals surface area contributed by atoms with Crippen LogP contribution >= 0.6 is 0 Å². The zero-order valence-corrected chi connectivity index (χ0v) is 16.5. The number of phenols is 1. The number of aromatic hydroxyl groups is 1. The minimum atomic E-state index is -0.658. The van der Waals surface area contributed by atoms with Crippen LogP contribution in [0.2, 0.25) is 0 Å². The standard InChI is InChI=1S/C22H23N3O5/c1-30-17-8-4-14(5-9-17)20(27)23-15-11-19-21(28)24-18(22(29)25(19)12-15)10-13-2-6-16(26)7-3-13/h2-9,15,18-19,26H,10-12H2,1H3,(H,23,27)(H,24,28)/t15-,18-,19-/m0/s1. The average Bonchev–Trinajstić information content (AvgIpc) is 3.18. The maximum absolute atomic E-state index is 12.9. The highest BCUT2D eigenvalue weighted by atomic mass is 16.5. The monoisotopic (exact) mass is 409 g/mol. The van der Waals surface area contributed by atoms with Crippen LogP contribution in [0.15, 0.2) is 48.5 Å². The molecule has 2 heterocycles. The summed E-state index contributed by atoms with van der Waals surface area (Å²) < 4.78 is 5.10. The van der Waals surface area contributed by atoms with Crippen LogP contribution in [-0.4, -0.2) is 59.5 Å². The third-order valence-corrected chi connectivity index (χ3v) is 5.56. The highest BCUT2D eigenvalue weighted by molar-refractivity contribution is 5.98. The van der Waals surface area contributed by atoms with Gasteiger partial charge in [0.2, 0.25) is 11.8 Å². The predicted octanol–water partition coefficient (Wildman–Crippen LogP) is 0.841. The molecule has 3 amide bonds. The summed E-state index contributed by atoms with van der Waals surface area (Å²) in [4.78, 5) is 39.6. The molecular weight excluding hydrogens is 386 g/mol. The van der Waals surface area contributed by atoms with Crippen LogP contribution < -0.4 is 15.4 Å². The first-order chi connectivity index (χ1) is 14.4. The predicted molar refractivity (Wildman–Crippen MR) is 108 cm³/mol. The molecule has 0 unspecified atom stereocenters. The van der Waals surface area contributed by atoms with Crippen molar-refractivity contribution < 1.29 is 24.2 Å². The molecule has 2 aliphatic rings. The lowest BCUT2D eigenvalue weighted by atomic mass is 10.0. The minimum Gasteiger partial charge on any atom is -0.508 e. The summed E-state index contributed by atoms with van der Waals surface area (Å²) in [6.45, 7) is 0.297. The summed E-state index contributed by atoms with van der Waals surface area (Å²) >= 11 is 0. The highest BCUT2D eigenvalue weighted by Crippen LogP contribution is 2.24. The molecule has 8 heteroatoms. The van der Waals surface area contributed by atoms with Crippen LogP contribution in [-0.2, 0) is 16.0 Å². The first-order valence-corrected chi connectivity index (χ1v) is 9.78. The Hall–Kier alpha value is -3.55. The van der Waals surface area contributed by atoms with E-state index in [0.717, 1.165) is 5.56 Å². The first kappa shape index (κ1) is 19.8. The van der Waals surface area contributed by atoms with E-state index in [1.807, 2.05) is 0 Å². The van der Waals surface area contributed by atoms with Crippen molar-refractivity contribution in [3.63, 3.8) is 0 Å². The van der Waals surface area contributed by atoms with Gasteiger partial charge in [0.05, 0.1) is 7.11 Å². The summed E-state index contributed by atoms with van der Waals surface area (Å²) in [5, 5.41) is 15.1. The molecule has 8 nitrogen and oxygen atoms in total. The molecule has 0 saturated carbocycles. The van der Waals surface area contributed by atoms with E-state index in [0.29, 0.717) is 30.7 Å².